The summed E-state index contributed by atoms with van der Waals surface area (Å²) in [5.41, 5.74) is 2.14. The van der Waals surface area contributed by atoms with Gasteiger partial charge in [0, 0.05) is 12.0 Å². The van der Waals surface area contributed by atoms with Crippen molar-refractivity contribution in [3.63, 3.8) is 0 Å². The van der Waals surface area contributed by atoms with Gasteiger partial charge in [0.2, 0.25) is 0 Å². The third-order valence-corrected chi connectivity index (χ3v) is 4.60. The lowest BCUT2D eigenvalue weighted by molar-refractivity contribution is 0.415. The van der Waals surface area contributed by atoms with Crippen LogP contribution in [0.1, 0.15) is 17.5 Å². The highest BCUT2D eigenvalue weighted by atomic mass is 35.5. The molecule has 0 N–H and O–H groups in total. The van der Waals surface area contributed by atoms with Crippen molar-refractivity contribution in [2.24, 2.45) is 0 Å². The maximum absolute atomic E-state index is 14.6. The predicted molar refractivity (Wildman–Crippen MR) is 94.4 cm³/mol. The Morgan fingerprint density at radius 3 is 2.21 bits per heavy atom. The summed E-state index contributed by atoms with van der Waals surface area (Å²) in [5, 5.41) is 0.778. The van der Waals surface area contributed by atoms with Crippen LogP contribution in [0.25, 0.3) is 11.1 Å². The molecule has 123 valence electrons. The molecule has 3 rings (SSSR count). The topological polar surface area (TPSA) is 9.23 Å². The molecule has 1 radical (unpaired) electrons. The Balaban J connectivity index is 2.19. The van der Waals surface area contributed by atoms with Gasteiger partial charge in [-0.2, -0.15) is 0 Å². The molecule has 1 aliphatic rings. The lowest BCUT2D eigenvalue weighted by Gasteiger charge is -2.20. The quantitative estimate of drug-likeness (QED) is 0.589. The zero-order chi connectivity index (χ0) is 17.3. The minimum atomic E-state index is -0.882. The zero-order valence-corrected chi connectivity index (χ0v) is 14.3. The van der Waals surface area contributed by atoms with Crippen LogP contribution in [0.3, 0.4) is 0 Å². The van der Waals surface area contributed by atoms with Gasteiger partial charge in [0.15, 0.2) is 5.83 Å². The second kappa shape index (κ2) is 6.96. The molecule has 1 aliphatic carbocycles. The summed E-state index contributed by atoms with van der Waals surface area (Å²) in [4.78, 5) is 0. The molecule has 0 aliphatic heterocycles. The third kappa shape index (κ3) is 3.19. The fraction of sp³-hybridized carbons (Fsp3) is 0.105. The van der Waals surface area contributed by atoms with Crippen LogP contribution in [0.4, 0.5) is 8.78 Å². The van der Waals surface area contributed by atoms with Crippen molar-refractivity contribution in [2.75, 3.05) is 7.11 Å². The van der Waals surface area contributed by atoms with E-state index in [1.807, 2.05) is 0 Å². The van der Waals surface area contributed by atoms with Gasteiger partial charge in [0.25, 0.3) is 0 Å². The van der Waals surface area contributed by atoms with Gasteiger partial charge < -0.3 is 4.74 Å². The number of hydrogen-bond acceptors (Lipinski definition) is 1. The van der Waals surface area contributed by atoms with Gasteiger partial charge in [-0.3, -0.25) is 0 Å². The van der Waals surface area contributed by atoms with Gasteiger partial charge in [0.05, 0.1) is 17.2 Å². The number of ether oxygens (including phenoxy) is 1. The molecule has 0 bridgehead atoms. The molecular formula is C19H13Cl2F2O. The third-order valence-electron chi connectivity index (χ3n) is 3.86. The molecule has 2 aromatic carbocycles. The SMILES string of the molecule is COc1ccc(C2=C(c3ccc(Cl)c(Cl)c3)C[CH]C(F)=C2F)cc1. The standard InChI is InChI=1S/C19H13Cl2F2O/c1-24-13-5-2-11(3-6-13)18-14(7-9-17(22)19(18)23)12-4-8-15(20)16(21)10-12/h2-6,8-10H,7H2,1H3. The van der Waals surface area contributed by atoms with Gasteiger partial charge >= 0.3 is 0 Å². The molecule has 24 heavy (non-hydrogen) atoms. The molecule has 0 saturated heterocycles. The molecular weight excluding hydrogens is 353 g/mol. The Hall–Kier alpha value is -1.84. The first-order valence-corrected chi connectivity index (χ1v) is 7.98. The van der Waals surface area contributed by atoms with Gasteiger partial charge in [-0.1, -0.05) is 41.4 Å². The molecule has 0 aromatic heterocycles. The van der Waals surface area contributed by atoms with E-state index in [1.165, 1.54) is 6.42 Å². The molecule has 0 spiro atoms. The monoisotopic (exact) mass is 365 g/mol. The van der Waals surface area contributed by atoms with Crippen molar-refractivity contribution < 1.29 is 13.5 Å². The van der Waals surface area contributed by atoms with Crippen molar-refractivity contribution >= 4 is 34.3 Å². The number of hydrogen-bond donors (Lipinski definition) is 0. The van der Waals surface area contributed by atoms with Crippen LogP contribution in [0.2, 0.25) is 10.0 Å². The fourth-order valence-electron chi connectivity index (χ4n) is 2.64. The van der Waals surface area contributed by atoms with E-state index >= 15 is 0 Å². The first-order chi connectivity index (χ1) is 11.5. The van der Waals surface area contributed by atoms with E-state index in [9.17, 15) is 8.78 Å². The zero-order valence-electron chi connectivity index (χ0n) is 12.7. The molecule has 0 atom stereocenters. The Morgan fingerprint density at radius 2 is 1.58 bits per heavy atom. The maximum atomic E-state index is 14.6. The van der Waals surface area contributed by atoms with Gasteiger partial charge in [-0.25, -0.2) is 8.78 Å². The summed E-state index contributed by atoms with van der Waals surface area (Å²) in [6.07, 6.45) is 1.48. The molecule has 2 aromatic rings. The number of allylic oxidation sites excluding steroid dienone is 4. The Morgan fingerprint density at radius 1 is 0.917 bits per heavy atom. The maximum Gasteiger partial charge on any atom is 0.163 e. The first kappa shape index (κ1) is 17.0. The fourth-order valence-corrected chi connectivity index (χ4v) is 2.94. The van der Waals surface area contributed by atoms with Crippen molar-refractivity contribution in [3.8, 4) is 5.75 Å². The molecule has 0 unspecified atom stereocenters. The average Bonchev–Trinajstić information content (AvgIpc) is 2.60. The molecule has 0 heterocycles. The van der Waals surface area contributed by atoms with Crippen LogP contribution in [0, 0.1) is 6.42 Å². The average molecular weight is 366 g/mol. The summed E-state index contributed by atoms with van der Waals surface area (Å²) in [5.74, 6) is -1.10. The Labute approximate surface area is 149 Å². The lowest BCUT2D eigenvalue weighted by atomic mass is 9.87. The highest BCUT2D eigenvalue weighted by Gasteiger charge is 2.25. The van der Waals surface area contributed by atoms with Crippen molar-refractivity contribution in [2.45, 2.75) is 6.42 Å². The van der Waals surface area contributed by atoms with E-state index in [1.54, 1.807) is 49.6 Å². The van der Waals surface area contributed by atoms with Crippen LogP contribution in [-0.2, 0) is 0 Å². The smallest absolute Gasteiger partial charge is 0.163 e. The molecule has 0 fully saturated rings. The lowest BCUT2D eigenvalue weighted by Crippen LogP contribution is -2.02. The number of rotatable bonds is 3. The van der Waals surface area contributed by atoms with Gasteiger partial charge in [0.1, 0.15) is 11.6 Å². The minimum Gasteiger partial charge on any atom is -0.497 e. The summed E-state index contributed by atoms with van der Waals surface area (Å²) < 4.78 is 33.5. The molecule has 0 saturated carbocycles. The van der Waals surface area contributed by atoms with E-state index in [2.05, 4.69) is 0 Å². The van der Waals surface area contributed by atoms with Gasteiger partial charge in [-0.15, -0.1) is 0 Å². The van der Waals surface area contributed by atoms with Crippen LogP contribution in [0.5, 0.6) is 5.75 Å². The van der Waals surface area contributed by atoms with E-state index in [0.29, 0.717) is 32.5 Å². The molecule has 0 amide bonds. The van der Waals surface area contributed by atoms with E-state index in [-0.39, 0.29) is 12.0 Å². The highest BCUT2D eigenvalue weighted by Crippen LogP contribution is 2.43. The largest absolute Gasteiger partial charge is 0.497 e. The Kier molecular flexibility index (Phi) is 4.93. The Bertz CT molecular complexity index is 839. The van der Waals surface area contributed by atoms with Crippen LogP contribution >= 0.6 is 23.2 Å². The summed E-state index contributed by atoms with van der Waals surface area (Å²) >= 11 is 12.0. The second-order valence-electron chi connectivity index (χ2n) is 5.28. The van der Waals surface area contributed by atoms with Crippen molar-refractivity contribution in [3.05, 3.63) is 81.7 Å². The minimum absolute atomic E-state index is 0.219. The van der Waals surface area contributed by atoms with Crippen LogP contribution < -0.4 is 4.74 Å². The highest BCUT2D eigenvalue weighted by molar-refractivity contribution is 6.42. The van der Waals surface area contributed by atoms with Crippen LogP contribution in [-0.4, -0.2) is 7.11 Å². The van der Waals surface area contributed by atoms with Crippen molar-refractivity contribution in [1.82, 2.24) is 0 Å². The number of halogens is 4. The second-order valence-corrected chi connectivity index (χ2v) is 6.10. The first-order valence-electron chi connectivity index (χ1n) is 7.23. The summed E-state index contributed by atoms with van der Waals surface area (Å²) in [7, 11) is 1.55. The van der Waals surface area contributed by atoms with E-state index < -0.39 is 11.7 Å². The normalized spacial score (nSPS) is 15.0. The number of benzene rings is 2. The number of methoxy groups -OCH3 is 1. The predicted octanol–water partition coefficient (Wildman–Crippen LogP) is 6.67. The van der Waals surface area contributed by atoms with Crippen molar-refractivity contribution in [1.29, 1.82) is 0 Å². The van der Waals surface area contributed by atoms with Gasteiger partial charge in [-0.05, 0) is 47.4 Å². The van der Waals surface area contributed by atoms with E-state index in [0.717, 1.165) is 0 Å². The van der Waals surface area contributed by atoms with Crippen LogP contribution in [0.15, 0.2) is 54.1 Å². The molecule has 1 nitrogen and oxygen atoms in total. The summed E-state index contributed by atoms with van der Waals surface area (Å²) in [6, 6.07) is 11.9. The molecule has 5 heteroatoms. The van der Waals surface area contributed by atoms with E-state index in [4.69, 9.17) is 27.9 Å². The summed E-state index contributed by atoms with van der Waals surface area (Å²) in [6.45, 7) is 0.